The topological polar surface area (TPSA) is 26.3 Å². The molecular formula is C6H16O2SSn. The van der Waals surface area contributed by atoms with Crippen LogP contribution in [0.25, 0.3) is 0 Å². The van der Waals surface area contributed by atoms with Crippen molar-refractivity contribution in [3.05, 3.63) is 0 Å². The predicted octanol–water partition coefficient (Wildman–Crippen LogP) is 1.19. The number of hydrogen-bond acceptors (Lipinski definition) is 3. The van der Waals surface area contributed by atoms with Crippen molar-refractivity contribution in [2.24, 2.45) is 0 Å². The Kier molecular flexibility index (Phi) is 12.7. The average molecular weight is 271 g/mol. The molecule has 0 saturated heterocycles. The van der Waals surface area contributed by atoms with E-state index in [0.717, 1.165) is 0 Å². The van der Waals surface area contributed by atoms with Gasteiger partial charge in [-0.1, -0.05) is 0 Å². The predicted molar refractivity (Wildman–Crippen MR) is 50.6 cm³/mol. The summed E-state index contributed by atoms with van der Waals surface area (Å²) in [5, 5.41) is 0. The average Bonchev–Trinajstić information content (AvgIpc) is 1.85. The number of thiol groups is 1. The Morgan fingerprint density at radius 2 is 1.80 bits per heavy atom. The van der Waals surface area contributed by atoms with E-state index in [1.54, 1.807) is 0 Å². The monoisotopic (exact) mass is 272 g/mol. The van der Waals surface area contributed by atoms with Crippen LogP contribution in [0.15, 0.2) is 0 Å². The molecule has 0 radical (unpaired) electrons. The molecule has 0 spiro atoms. The Morgan fingerprint density at radius 3 is 1.80 bits per heavy atom. The zero-order valence-corrected chi connectivity index (χ0v) is 11.2. The maximum atomic E-state index is 9.88. The SMILES string of the molecule is COC(=O)CS.[CH3][SnH]([CH3])[CH3]. The van der Waals surface area contributed by atoms with Gasteiger partial charge in [-0.2, -0.15) is 12.6 Å². The number of hydrogen-bond donors (Lipinski definition) is 1. The van der Waals surface area contributed by atoms with E-state index in [4.69, 9.17) is 0 Å². The van der Waals surface area contributed by atoms with E-state index in [2.05, 4.69) is 32.2 Å². The third-order valence-corrected chi connectivity index (χ3v) is 0.615. The summed E-state index contributed by atoms with van der Waals surface area (Å²) in [7, 11) is 1.33. The van der Waals surface area contributed by atoms with Gasteiger partial charge in [0, 0.05) is 0 Å². The van der Waals surface area contributed by atoms with Crippen LogP contribution in [0.3, 0.4) is 0 Å². The molecule has 0 fully saturated rings. The summed E-state index contributed by atoms with van der Waals surface area (Å²) < 4.78 is 4.18. The molecule has 0 unspecified atom stereocenters. The van der Waals surface area contributed by atoms with Crippen molar-refractivity contribution in [2.75, 3.05) is 12.9 Å². The molecule has 62 valence electrons. The molecular weight excluding hydrogens is 255 g/mol. The first-order valence-corrected chi connectivity index (χ1v) is 13.7. The molecule has 0 aliphatic heterocycles. The summed E-state index contributed by atoms with van der Waals surface area (Å²) in [5.74, 6) is -0.130. The van der Waals surface area contributed by atoms with Gasteiger partial charge in [-0.3, -0.25) is 4.79 Å². The summed E-state index contributed by atoms with van der Waals surface area (Å²) in [4.78, 5) is 17.0. The molecule has 0 N–H and O–H groups in total. The van der Waals surface area contributed by atoms with Crippen LogP contribution in [-0.4, -0.2) is 38.6 Å². The Balaban J connectivity index is 0. The van der Waals surface area contributed by atoms with Crippen LogP contribution in [0.4, 0.5) is 0 Å². The molecule has 0 aliphatic rings. The number of ether oxygens (including phenoxy) is 1. The van der Waals surface area contributed by atoms with E-state index < -0.39 is 19.8 Å². The molecule has 2 nitrogen and oxygen atoms in total. The van der Waals surface area contributed by atoms with E-state index in [1.807, 2.05) is 0 Å². The summed E-state index contributed by atoms with van der Waals surface area (Å²) in [5.41, 5.74) is 0. The molecule has 0 aromatic heterocycles. The maximum absolute atomic E-state index is 9.88. The summed E-state index contributed by atoms with van der Waals surface area (Å²) >= 11 is 2.98. The van der Waals surface area contributed by atoms with Crippen molar-refractivity contribution >= 4 is 38.4 Å². The zero-order chi connectivity index (χ0) is 8.57. The molecule has 0 atom stereocenters. The van der Waals surface area contributed by atoms with Crippen LogP contribution < -0.4 is 0 Å². The minimum atomic E-state index is -0.637. The third-order valence-electron chi connectivity index (χ3n) is 0.357. The van der Waals surface area contributed by atoms with Crippen LogP contribution in [0, 0.1) is 0 Å². The molecule has 10 heavy (non-hydrogen) atoms. The van der Waals surface area contributed by atoms with Gasteiger partial charge in [0.1, 0.15) is 0 Å². The standard InChI is InChI=1S/C3H6O2S.3CH3.Sn.H/c1-5-3(4)2-6;;;;;/h6H,2H2,1H3;3*1H3;;. The van der Waals surface area contributed by atoms with E-state index >= 15 is 0 Å². The van der Waals surface area contributed by atoms with Gasteiger partial charge in [-0.25, -0.2) is 0 Å². The fourth-order valence-corrected chi connectivity index (χ4v) is 0.194. The first-order valence-electron chi connectivity index (χ1n) is 3.22. The van der Waals surface area contributed by atoms with Gasteiger partial charge in [0.2, 0.25) is 0 Å². The van der Waals surface area contributed by atoms with Crippen LogP contribution in [0.2, 0.25) is 14.8 Å². The van der Waals surface area contributed by atoms with Gasteiger partial charge in [-0.15, -0.1) is 0 Å². The fraction of sp³-hybridized carbons (Fsp3) is 0.833. The molecule has 0 aromatic rings. The second kappa shape index (κ2) is 9.62. The Hall–Kier alpha value is 0.619. The number of esters is 1. The van der Waals surface area contributed by atoms with Crippen molar-refractivity contribution in [1.29, 1.82) is 0 Å². The van der Waals surface area contributed by atoms with Crippen molar-refractivity contribution in [3.8, 4) is 0 Å². The second-order valence-electron chi connectivity index (χ2n) is 2.47. The fourth-order valence-electron chi connectivity index (χ4n) is 0.0645. The molecule has 0 aliphatic carbocycles. The Morgan fingerprint density at radius 1 is 1.50 bits per heavy atom. The summed E-state index contributed by atoms with van der Waals surface area (Å²) in [6.45, 7) is 0. The zero-order valence-electron chi connectivity index (χ0n) is 7.05. The van der Waals surface area contributed by atoms with Crippen molar-refractivity contribution < 1.29 is 9.53 Å². The van der Waals surface area contributed by atoms with Gasteiger partial charge < -0.3 is 4.74 Å². The molecule has 0 saturated carbocycles. The molecule has 0 aromatic carbocycles. The van der Waals surface area contributed by atoms with Gasteiger partial charge in [0.15, 0.2) is 0 Å². The molecule has 0 heterocycles. The molecule has 0 amide bonds. The Labute approximate surface area is 75.5 Å². The third kappa shape index (κ3) is 23.5. The van der Waals surface area contributed by atoms with Gasteiger partial charge in [0.05, 0.1) is 12.9 Å². The Bertz CT molecular complexity index is 77.1. The normalized spacial score (nSPS) is 8.20. The first kappa shape index (κ1) is 13.2. The molecule has 4 heteroatoms. The molecule has 0 bridgehead atoms. The number of carbonyl (C=O) groups is 1. The van der Waals surface area contributed by atoms with E-state index in [1.165, 1.54) is 7.11 Å². The van der Waals surface area contributed by atoms with Crippen LogP contribution in [-0.2, 0) is 9.53 Å². The number of rotatable bonds is 1. The quantitative estimate of drug-likeness (QED) is 0.440. The van der Waals surface area contributed by atoms with E-state index in [9.17, 15) is 4.79 Å². The van der Waals surface area contributed by atoms with Gasteiger partial charge in [-0.05, 0) is 0 Å². The second-order valence-corrected chi connectivity index (χ2v) is 12.7. The van der Waals surface area contributed by atoms with Crippen molar-refractivity contribution in [2.45, 2.75) is 14.8 Å². The van der Waals surface area contributed by atoms with Crippen molar-refractivity contribution in [3.63, 3.8) is 0 Å². The summed E-state index contributed by atoms with van der Waals surface area (Å²) in [6.07, 6.45) is 0. The van der Waals surface area contributed by atoms with E-state index in [0.29, 0.717) is 0 Å². The van der Waals surface area contributed by atoms with E-state index in [-0.39, 0.29) is 11.7 Å². The number of carbonyl (C=O) groups excluding carboxylic acids is 1. The van der Waals surface area contributed by atoms with Gasteiger partial charge >= 0.3 is 40.5 Å². The van der Waals surface area contributed by atoms with Crippen LogP contribution >= 0.6 is 12.6 Å². The first-order chi connectivity index (χ1) is 4.54. The van der Waals surface area contributed by atoms with Crippen LogP contribution in [0.1, 0.15) is 0 Å². The number of methoxy groups -OCH3 is 1. The summed E-state index contributed by atoms with van der Waals surface area (Å²) in [6, 6.07) is 0. The minimum absolute atomic E-state index is 0.163. The van der Waals surface area contributed by atoms with Crippen molar-refractivity contribution in [1.82, 2.24) is 0 Å². The van der Waals surface area contributed by atoms with Crippen LogP contribution in [0.5, 0.6) is 0 Å². The molecule has 0 rings (SSSR count). The van der Waals surface area contributed by atoms with Gasteiger partial charge in [0.25, 0.3) is 0 Å².